The SMILES string of the molecule is CCCCCCCCO[C@@H]1O[C@H]([C@H](O)C(=O)NCCCCCC#CC#CCCCCCNC(=O)C[N+](C)(C)C)[C@H](O)[C@H]1O. The number of nitrogens with one attached hydrogen (secondary N) is 2. The highest BCUT2D eigenvalue weighted by Gasteiger charge is 2.48. The summed E-state index contributed by atoms with van der Waals surface area (Å²) in [6, 6.07) is 0. The van der Waals surface area contributed by atoms with E-state index in [9.17, 15) is 24.9 Å². The van der Waals surface area contributed by atoms with Crippen molar-refractivity contribution in [3.05, 3.63) is 0 Å². The van der Waals surface area contributed by atoms with Gasteiger partial charge in [0.2, 0.25) is 0 Å². The molecule has 2 amide bonds. The normalized spacial score (nSPS) is 20.4. The number of unbranched alkanes of at least 4 members (excludes halogenated alkanes) is 11. The van der Waals surface area contributed by atoms with Crippen LogP contribution in [0.4, 0.5) is 0 Å². The second kappa shape index (κ2) is 23.2. The molecule has 1 fully saturated rings. The molecule has 1 aliphatic rings. The summed E-state index contributed by atoms with van der Waals surface area (Å²) in [4.78, 5) is 24.1. The largest absolute Gasteiger partial charge is 0.387 e. The van der Waals surface area contributed by atoms with Crippen LogP contribution >= 0.6 is 0 Å². The van der Waals surface area contributed by atoms with E-state index in [2.05, 4.69) is 41.2 Å². The molecule has 1 heterocycles. The van der Waals surface area contributed by atoms with Crippen LogP contribution in [0.5, 0.6) is 0 Å². The Bertz CT molecular complexity index is 900. The molecule has 1 aliphatic heterocycles. The number of quaternary nitrogens is 1. The van der Waals surface area contributed by atoms with E-state index in [-0.39, 0.29) is 5.91 Å². The van der Waals surface area contributed by atoms with Crippen LogP contribution in [0.3, 0.4) is 0 Å². The molecule has 43 heavy (non-hydrogen) atoms. The third kappa shape index (κ3) is 19.0. The summed E-state index contributed by atoms with van der Waals surface area (Å²) in [7, 11) is 5.98. The Morgan fingerprint density at radius 2 is 1.37 bits per heavy atom. The first kappa shape index (κ1) is 38.8. The average molecular weight is 609 g/mol. The van der Waals surface area contributed by atoms with Crippen LogP contribution in [-0.2, 0) is 19.1 Å². The lowest BCUT2D eigenvalue weighted by molar-refractivity contribution is -0.862. The molecule has 0 unspecified atom stereocenters. The molecule has 0 aromatic rings. The Morgan fingerprint density at radius 1 is 0.814 bits per heavy atom. The maximum Gasteiger partial charge on any atom is 0.275 e. The summed E-state index contributed by atoms with van der Waals surface area (Å²) < 4.78 is 11.7. The number of rotatable bonds is 22. The van der Waals surface area contributed by atoms with Crippen LogP contribution in [0.15, 0.2) is 0 Å². The lowest BCUT2D eigenvalue weighted by atomic mass is 10.1. The second-order valence-electron chi connectivity index (χ2n) is 12.3. The molecule has 0 spiro atoms. The molecule has 0 bridgehead atoms. The van der Waals surface area contributed by atoms with E-state index in [0.717, 1.165) is 70.6 Å². The van der Waals surface area contributed by atoms with Gasteiger partial charge in [0.1, 0.15) is 18.3 Å². The van der Waals surface area contributed by atoms with Crippen molar-refractivity contribution in [2.45, 2.75) is 128 Å². The number of carbonyl (C=O) groups is 2. The molecular weight excluding hydrogens is 550 g/mol. The smallest absolute Gasteiger partial charge is 0.275 e. The number of carbonyl (C=O) groups excluding carboxylic acids is 2. The first-order chi connectivity index (χ1) is 20.6. The van der Waals surface area contributed by atoms with Crippen LogP contribution in [0, 0.1) is 23.7 Å². The molecule has 5 N–H and O–H groups in total. The van der Waals surface area contributed by atoms with Crippen molar-refractivity contribution in [1.29, 1.82) is 0 Å². The summed E-state index contributed by atoms with van der Waals surface area (Å²) in [6.07, 6.45) is 6.85. The van der Waals surface area contributed by atoms with Gasteiger partial charge in [0.15, 0.2) is 18.9 Å². The minimum absolute atomic E-state index is 0.0841. The summed E-state index contributed by atoms with van der Waals surface area (Å²) in [5.41, 5.74) is 0. The highest BCUT2D eigenvalue weighted by atomic mass is 16.7. The Labute approximate surface area is 259 Å². The number of amides is 2. The van der Waals surface area contributed by atoms with E-state index in [1.165, 1.54) is 19.3 Å². The van der Waals surface area contributed by atoms with Crippen molar-refractivity contribution in [3.8, 4) is 23.7 Å². The fourth-order valence-electron chi connectivity index (χ4n) is 4.58. The highest BCUT2D eigenvalue weighted by Crippen LogP contribution is 2.25. The van der Waals surface area contributed by atoms with Crippen LogP contribution in [0.25, 0.3) is 0 Å². The zero-order valence-electron chi connectivity index (χ0n) is 27.0. The van der Waals surface area contributed by atoms with Crippen LogP contribution in [-0.4, -0.2) is 110 Å². The first-order valence-corrected chi connectivity index (χ1v) is 16.2. The fourth-order valence-corrected chi connectivity index (χ4v) is 4.58. The van der Waals surface area contributed by atoms with Crippen molar-refractivity contribution in [3.63, 3.8) is 0 Å². The average Bonchev–Trinajstić information content (AvgIpc) is 3.23. The van der Waals surface area contributed by atoms with Crippen molar-refractivity contribution in [1.82, 2.24) is 10.6 Å². The van der Waals surface area contributed by atoms with Crippen molar-refractivity contribution < 1.29 is 38.9 Å². The monoisotopic (exact) mass is 608 g/mol. The lowest BCUT2D eigenvalue weighted by Gasteiger charge is -2.22. The van der Waals surface area contributed by atoms with E-state index in [0.29, 0.717) is 30.7 Å². The maximum atomic E-state index is 12.4. The minimum atomic E-state index is -1.60. The first-order valence-electron chi connectivity index (χ1n) is 16.2. The molecule has 10 nitrogen and oxygen atoms in total. The van der Waals surface area contributed by atoms with Crippen LogP contribution < -0.4 is 10.6 Å². The van der Waals surface area contributed by atoms with Gasteiger partial charge < -0.3 is 39.9 Å². The molecule has 1 saturated heterocycles. The lowest BCUT2D eigenvalue weighted by Crippen LogP contribution is -2.47. The number of hydrogen-bond donors (Lipinski definition) is 5. The predicted octanol–water partition coefficient (Wildman–Crippen LogP) is 2.24. The van der Waals surface area contributed by atoms with E-state index >= 15 is 0 Å². The maximum absolute atomic E-state index is 12.4. The molecule has 5 atom stereocenters. The Hall–Kier alpha value is -2.18. The van der Waals surface area contributed by atoms with Crippen molar-refractivity contribution in [2.75, 3.05) is 47.4 Å². The molecule has 0 aromatic carbocycles. The molecule has 0 radical (unpaired) electrons. The van der Waals surface area contributed by atoms with Gasteiger partial charge >= 0.3 is 0 Å². The zero-order chi connectivity index (χ0) is 31.9. The third-order valence-corrected chi connectivity index (χ3v) is 7.05. The Kier molecular flexibility index (Phi) is 21.0. The molecule has 246 valence electrons. The second-order valence-corrected chi connectivity index (χ2v) is 12.3. The van der Waals surface area contributed by atoms with E-state index in [1.54, 1.807) is 0 Å². The van der Waals surface area contributed by atoms with Gasteiger partial charge in [0.05, 0.1) is 21.1 Å². The molecule has 10 heteroatoms. The summed E-state index contributed by atoms with van der Waals surface area (Å²) in [5.74, 6) is 11.3. The van der Waals surface area contributed by atoms with Gasteiger partial charge in [-0.1, -0.05) is 63.7 Å². The van der Waals surface area contributed by atoms with Gasteiger partial charge in [0, 0.05) is 32.5 Å². The molecule has 0 saturated carbocycles. The standard InChI is InChI=1S/C33H57N3O7/c1-5-6-7-8-19-22-25-42-33-29(39)28(38)31(43-33)30(40)32(41)35-24-21-18-16-14-12-10-9-11-13-15-17-20-23-34-27(37)26-36(2,3)4/h28-31,33,38-40H,5-8,13-26H2,1-4H3,(H-,34,35,37,41)/p+1/t28-,29-,30+,31+,33-/m1/s1. The predicted molar refractivity (Wildman–Crippen MR) is 167 cm³/mol. The molecular formula is C33H58N3O7+. The quantitative estimate of drug-likeness (QED) is 0.0722. The highest BCUT2D eigenvalue weighted by molar-refractivity contribution is 5.81. The number of ether oxygens (including phenoxy) is 2. The van der Waals surface area contributed by atoms with Crippen molar-refractivity contribution >= 4 is 11.8 Å². The summed E-state index contributed by atoms with van der Waals surface area (Å²) in [6.45, 7) is 4.11. The molecule has 0 aromatic heterocycles. The molecule has 1 rings (SSSR count). The fraction of sp³-hybridized carbons (Fsp3) is 0.818. The van der Waals surface area contributed by atoms with Gasteiger partial charge in [-0.05, 0) is 43.9 Å². The van der Waals surface area contributed by atoms with Gasteiger partial charge in [-0.25, -0.2) is 0 Å². The van der Waals surface area contributed by atoms with Gasteiger partial charge in [-0.2, -0.15) is 0 Å². The number of hydrogen-bond acceptors (Lipinski definition) is 7. The third-order valence-electron chi connectivity index (χ3n) is 7.05. The van der Waals surface area contributed by atoms with Gasteiger partial charge in [-0.15, -0.1) is 0 Å². The van der Waals surface area contributed by atoms with E-state index < -0.39 is 36.6 Å². The number of nitrogens with zero attached hydrogens (tertiary/aromatic N) is 1. The zero-order valence-corrected chi connectivity index (χ0v) is 27.0. The van der Waals surface area contributed by atoms with Crippen LogP contribution in [0.2, 0.25) is 0 Å². The van der Waals surface area contributed by atoms with E-state index in [4.69, 9.17) is 9.47 Å². The summed E-state index contributed by atoms with van der Waals surface area (Å²) in [5, 5.41) is 36.5. The van der Waals surface area contributed by atoms with Gasteiger partial charge in [-0.3, -0.25) is 9.59 Å². The number of likely N-dealkylation sites (N-methyl/N-ethyl adjacent to an activating group) is 1. The summed E-state index contributed by atoms with van der Waals surface area (Å²) >= 11 is 0. The Balaban J connectivity index is 2.08. The Morgan fingerprint density at radius 3 is 1.98 bits per heavy atom. The van der Waals surface area contributed by atoms with Crippen LogP contribution in [0.1, 0.15) is 96.8 Å². The minimum Gasteiger partial charge on any atom is -0.387 e. The number of aliphatic hydroxyl groups excluding tert-OH is 3. The number of aliphatic hydroxyl groups is 3. The van der Waals surface area contributed by atoms with Gasteiger partial charge in [0.25, 0.3) is 11.8 Å². The van der Waals surface area contributed by atoms with Crippen molar-refractivity contribution in [2.24, 2.45) is 0 Å². The topological polar surface area (TPSA) is 137 Å². The van der Waals surface area contributed by atoms with E-state index in [1.807, 2.05) is 21.1 Å². The molecule has 0 aliphatic carbocycles.